The molecule has 0 aliphatic carbocycles. The van der Waals surface area contributed by atoms with Gasteiger partial charge in [0, 0.05) is 37.8 Å². The molecule has 1 aliphatic heterocycles. The highest BCUT2D eigenvalue weighted by Crippen LogP contribution is 2.28. The molecule has 1 N–H and O–H groups in total. The molecule has 176 valence electrons. The smallest absolute Gasteiger partial charge is 0.256 e. The summed E-state index contributed by atoms with van der Waals surface area (Å²) in [6.07, 6.45) is 3.38. The minimum Gasteiger partial charge on any atom is -0.352 e. The molecule has 1 amide bonds. The van der Waals surface area contributed by atoms with Crippen molar-refractivity contribution in [2.75, 3.05) is 19.6 Å². The second kappa shape index (κ2) is 9.75. The Morgan fingerprint density at radius 3 is 2.44 bits per heavy atom. The van der Waals surface area contributed by atoms with Crippen LogP contribution in [0.15, 0.2) is 34.1 Å². The first-order valence-corrected chi connectivity index (χ1v) is 12.9. The molecule has 1 saturated heterocycles. The number of carbonyl (C=O) groups excluding carboxylic acids is 1. The van der Waals surface area contributed by atoms with E-state index in [1.165, 1.54) is 10.4 Å². The number of hydrogen-bond acceptors (Lipinski definition) is 4. The number of nitrogens with zero attached hydrogens (tertiary/aromatic N) is 2. The van der Waals surface area contributed by atoms with E-state index in [0.29, 0.717) is 37.6 Å². The number of rotatable bonds is 7. The van der Waals surface area contributed by atoms with Crippen molar-refractivity contribution in [3.63, 3.8) is 0 Å². The Morgan fingerprint density at radius 2 is 1.84 bits per heavy atom. The largest absolute Gasteiger partial charge is 0.352 e. The van der Waals surface area contributed by atoms with Gasteiger partial charge in [0.25, 0.3) is 5.91 Å². The fourth-order valence-electron chi connectivity index (χ4n) is 4.48. The highest BCUT2D eigenvalue weighted by atomic mass is 32.2. The van der Waals surface area contributed by atoms with Crippen molar-refractivity contribution in [1.82, 2.24) is 14.2 Å². The molecule has 0 radical (unpaired) electrons. The predicted molar refractivity (Wildman–Crippen MR) is 127 cm³/mol. The molecule has 3 rings (SSSR count). The number of hydrogen-bond donors (Lipinski definition) is 1. The maximum atomic E-state index is 13.3. The van der Waals surface area contributed by atoms with E-state index in [1.807, 2.05) is 11.5 Å². The molecule has 0 bridgehead atoms. The van der Waals surface area contributed by atoms with Gasteiger partial charge in [0.1, 0.15) is 5.56 Å². The quantitative estimate of drug-likeness (QED) is 0.684. The molecule has 0 saturated carbocycles. The lowest BCUT2D eigenvalue weighted by Gasteiger charge is -2.34. The third-order valence-corrected chi connectivity index (χ3v) is 7.94. The summed E-state index contributed by atoms with van der Waals surface area (Å²) >= 11 is 0. The SMILES string of the molecule is CCn1cc(C(=O)NCCC(C)C)c(=O)c2cc(S(=O)(=O)N3C[C@H](C)C[C@@H](C)C3)ccc21. The third-order valence-electron chi connectivity index (χ3n) is 6.12. The molecule has 8 heteroatoms. The molecule has 0 spiro atoms. The normalized spacial score (nSPS) is 20.1. The zero-order valence-electron chi connectivity index (χ0n) is 19.7. The first-order chi connectivity index (χ1) is 15.0. The van der Waals surface area contributed by atoms with Gasteiger partial charge in [-0.05, 0) is 55.7 Å². The average Bonchev–Trinajstić information content (AvgIpc) is 2.72. The second-order valence-electron chi connectivity index (χ2n) is 9.54. The minimum absolute atomic E-state index is 0.0397. The first-order valence-electron chi connectivity index (χ1n) is 11.5. The highest BCUT2D eigenvalue weighted by molar-refractivity contribution is 7.89. The lowest BCUT2D eigenvalue weighted by Crippen LogP contribution is -2.42. The van der Waals surface area contributed by atoms with Gasteiger partial charge >= 0.3 is 0 Å². The van der Waals surface area contributed by atoms with Crippen LogP contribution in [0.3, 0.4) is 0 Å². The van der Waals surface area contributed by atoms with E-state index in [2.05, 4.69) is 33.0 Å². The van der Waals surface area contributed by atoms with E-state index in [4.69, 9.17) is 0 Å². The van der Waals surface area contributed by atoms with E-state index in [0.717, 1.165) is 12.8 Å². The van der Waals surface area contributed by atoms with Crippen LogP contribution in [-0.2, 0) is 16.6 Å². The molecule has 1 fully saturated rings. The summed E-state index contributed by atoms with van der Waals surface area (Å²) in [5.74, 6) is 0.582. The summed E-state index contributed by atoms with van der Waals surface area (Å²) in [5, 5.41) is 3.07. The van der Waals surface area contributed by atoms with E-state index in [9.17, 15) is 18.0 Å². The van der Waals surface area contributed by atoms with Crippen molar-refractivity contribution in [1.29, 1.82) is 0 Å². The van der Waals surface area contributed by atoms with Crippen molar-refractivity contribution in [3.05, 3.63) is 40.2 Å². The van der Waals surface area contributed by atoms with Crippen molar-refractivity contribution < 1.29 is 13.2 Å². The maximum absolute atomic E-state index is 13.3. The Bertz CT molecular complexity index is 1140. The molecule has 2 atom stereocenters. The fourth-order valence-corrected chi connectivity index (χ4v) is 6.19. The summed E-state index contributed by atoms with van der Waals surface area (Å²) in [5.41, 5.74) is 0.220. The number of piperidine rings is 1. The summed E-state index contributed by atoms with van der Waals surface area (Å²) in [4.78, 5) is 26.0. The number of nitrogens with one attached hydrogen (secondary N) is 1. The highest BCUT2D eigenvalue weighted by Gasteiger charge is 2.32. The van der Waals surface area contributed by atoms with Crippen LogP contribution in [-0.4, -0.2) is 42.8 Å². The third kappa shape index (κ3) is 5.07. The predicted octanol–water partition coefficient (Wildman–Crippen LogP) is 3.46. The topological polar surface area (TPSA) is 88.5 Å². The zero-order chi connectivity index (χ0) is 23.6. The van der Waals surface area contributed by atoms with Crippen molar-refractivity contribution in [3.8, 4) is 0 Å². The lowest BCUT2D eigenvalue weighted by atomic mass is 9.94. The number of fused-ring (bicyclic) bond motifs is 1. The van der Waals surface area contributed by atoms with Crippen molar-refractivity contribution in [2.45, 2.75) is 58.9 Å². The molecule has 1 aromatic carbocycles. The van der Waals surface area contributed by atoms with E-state index in [1.54, 1.807) is 18.3 Å². The van der Waals surface area contributed by atoms with Gasteiger partial charge in [0.15, 0.2) is 0 Å². The number of aromatic nitrogens is 1. The average molecular weight is 462 g/mol. The molecule has 2 heterocycles. The molecule has 32 heavy (non-hydrogen) atoms. The molecule has 1 aliphatic rings. The van der Waals surface area contributed by atoms with Gasteiger partial charge in [-0.2, -0.15) is 4.31 Å². The van der Waals surface area contributed by atoms with E-state index < -0.39 is 21.4 Å². The summed E-state index contributed by atoms with van der Waals surface area (Å²) in [7, 11) is -3.73. The standard InChI is InChI=1S/C24H35N3O4S/c1-6-26-15-21(24(29)25-10-9-16(2)3)23(28)20-12-19(7-8-22(20)26)32(30,31)27-13-17(4)11-18(5)14-27/h7-8,12,15-18H,6,9-11,13-14H2,1-5H3,(H,25,29)/t17-,18-/m1/s1. The Labute approximate surface area is 190 Å². The van der Waals surface area contributed by atoms with Crippen LogP contribution >= 0.6 is 0 Å². The molecule has 2 aromatic rings. The van der Waals surface area contributed by atoms with Gasteiger partial charge in [-0.1, -0.05) is 27.7 Å². The van der Waals surface area contributed by atoms with Crippen molar-refractivity contribution >= 4 is 26.8 Å². The maximum Gasteiger partial charge on any atom is 0.256 e. The summed E-state index contributed by atoms with van der Waals surface area (Å²) in [6.45, 7) is 12.2. The van der Waals surface area contributed by atoms with Crippen LogP contribution in [0.1, 0.15) is 57.8 Å². The van der Waals surface area contributed by atoms with Crippen LogP contribution in [0.5, 0.6) is 0 Å². The Balaban J connectivity index is 2.04. The first kappa shape index (κ1) is 24.5. The molecular weight excluding hydrogens is 426 g/mol. The number of aryl methyl sites for hydroxylation is 1. The van der Waals surface area contributed by atoms with Crippen LogP contribution in [0.4, 0.5) is 0 Å². The van der Waals surface area contributed by atoms with Crippen molar-refractivity contribution in [2.24, 2.45) is 17.8 Å². The van der Waals surface area contributed by atoms with Gasteiger partial charge in [0.2, 0.25) is 15.5 Å². The monoisotopic (exact) mass is 461 g/mol. The molecular formula is C24H35N3O4S. The second-order valence-corrected chi connectivity index (χ2v) is 11.5. The number of pyridine rings is 1. The molecule has 0 unspecified atom stereocenters. The Kier molecular flexibility index (Phi) is 7.45. The zero-order valence-corrected chi connectivity index (χ0v) is 20.5. The summed E-state index contributed by atoms with van der Waals surface area (Å²) < 4.78 is 30.0. The van der Waals surface area contributed by atoms with Gasteiger partial charge < -0.3 is 9.88 Å². The molecule has 7 nitrogen and oxygen atoms in total. The minimum atomic E-state index is -3.73. The van der Waals surface area contributed by atoms with Crippen LogP contribution < -0.4 is 10.7 Å². The lowest BCUT2D eigenvalue weighted by molar-refractivity contribution is 0.0950. The number of benzene rings is 1. The van der Waals surface area contributed by atoms with E-state index in [-0.39, 0.29) is 27.7 Å². The van der Waals surface area contributed by atoms with Crippen LogP contribution in [0.25, 0.3) is 10.9 Å². The summed E-state index contributed by atoms with van der Waals surface area (Å²) in [6, 6.07) is 4.67. The number of sulfonamides is 1. The number of amides is 1. The Hall–Kier alpha value is -2.19. The van der Waals surface area contributed by atoms with Gasteiger partial charge in [0.05, 0.1) is 10.4 Å². The fraction of sp³-hybridized carbons (Fsp3) is 0.583. The van der Waals surface area contributed by atoms with Crippen LogP contribution in [0.2, 0.25) is 0 Å². The Morgan fingerprint density at radius 1 is 1.19 bits per heavy atom. The van der Waals surface area contributed by atoms with Crippen LogP contribution in [0, 0.1) is 17.8 Å². The molecule has 1 aromatic heterocycles. The van der Waals surface area contributed by atoms with Gasteiger partial charge in [-0.3, -0.25) is 9.59 Å². The van der Waals surface area contributed by atoms with Gasteiger partial charge in [-0.15, -0.1) is 0 Å². The van der Waals surface area contributed by atoms with E-state index >= 15 is 0 Å². The van der Waals surface area contributed by atoms with Gasteiger partial charge in [-0.25, -0.2) is 8.42 Å². The number of carbonyl (C=O) groups is 1.